The minimum atomic E-state index is -4.31. The number of hydrogen-bond acceptors (Lipinski definition) is 3. The van der Waals surface area contributed by atoms with Crippen LogP contribution in [-0.2, 0) is 10.9 Å². The van der Waals surface area contributed by atoms with Crippen LogP contribution >= 0.6 is 11.8 Å². The van der Waals surface area contributed by atoms with E-state index in [-0.39, 0.29) is 6.04 Å². The molecule has 0 unspecified atom stereocenters. The van der Waals surface area contributed by atoms with Crippen LogP contribution in [0.1, 0.15) is 39.2 Å². The van der Waals surface area contributed by atoms with Crippen molar-refractivity contribution in [2.24, 2.45) is 5.92 Å². The van der Waals surface area contributed by atoms with Gasteiger partial charge in [0.2, 0.25) is 0 Å². The molecule has 0 spiro atoms. The Morgan fingerprint density at radius 3 is 2.54 bits per heavy atom. The normalized spacial score (nSPS) is 21.1. The van der Waals surface area contributed by atoms with Gasteiger partial charge in [0.1, 0.15) is 5.60 Å². The summed E-state index contributed by atoms with van der Waals surface area (Å²) in [4.78, 5) is 12.3. The third-order valence-electron chi connectivity index (χ3n) is 3.60. The zero-order valence-electron chi connectivity index (χ0n) is 13.9. The standard InChI is InChI=1S/C17H22F3NO2S/c1-16(2,3)23-15(22)21-13-7-11(8-13)10-24-14-6-4-5-12(9-14)17(18,19)20/h4-6,9,11,13H,7-8,10H2,1-3H3,(H,21,22). The number of alkyl halides is 3. The number of benzene rings is 1. The Labute approximate surface area is 144 Å². The first-order chi connectivity index (χ1) is 11.0. The van der Waals surface area contributed by atoms with Crippen LogP contribution in [0.5, 0.6) is 0 Å². The zero-order valence-corrected chi connectivity index (χ0v) is 14.8. The summed E-state index contributed by atoms with van der Waals surface area (Å²) >= 11 is 1.42. The molecule has 1 aliphatic carbocycles. The Morgan fingerprint density at radius 2 is 1.96 bits per heavy atom. The summed E-state index contributed by atoms with van der Waals surface area (Å²) in [6, 6.07) is 5.47. The maximum absolute atomic E-state index is 12.7. The topological polar surface area (TPSA) is 38.3 Å². The monoisotopic (exact) mass is 361 g/mol. The molecule has 24 heavy (non-hydrogen) atoms. The van der Waals surface area contributed by atoms with E-state index in [0.29, 0.717) is 10.8 Å². The number of amides is 1. The second-order valence-corrected chi connectivity index (χ2v) is 8.11. The number of thioether (sulfide) groups is 1. The Bertz CT molecular complexity index is 578. The van der Waals surface area contributed by atoms with Crippen molar-refractivity contribution in [3.63, 3.8) is 0 Å². The molecule has 1 aromatic rings. The minimum Gasteiger partial charge on any atom is -0.444 e. The highest BCUT2D eigenvalue weighted by Gasteiger charge is 2.32. The van der Waals surface area contributed by atoms with Crippen LogP contribution < -0.4 is 5.32 Å². The fourth-order valence-corrected chi connectivity index (χ4v) is 3.53. The predicted molar refractivity (Wildman–Crippen MR) is 88.0 cm³/mol. The molecule has 1 aliphatic rings. The quantitative estimate of drug-likeness (QED) is 0.758. The molecule has 0 radical (unpaired) electrons. The van der Waals surface area contributed by atoms with E-state index in [1.807, 2.05) is 20.8 Å². The van der Waals surface area contributed by atoms with Crippen molar-refractivity contribution < 1.29 is 22.7 Å². The third kappa shape index (κ3) is 5.92. The van der Waals surface area contributed by atoms with Crippen LogP contribution in [0.4, 0.5) is 18.0 Å². The van der Waals surface area contributed by atoms with Crippen molar-refractivity contribution in [2.45, 2.75) is 56.3 Å². The molecule has 1 saturated carbocycles. The summed E-state index contributed by atoms with van der Waals surface area (Å²) in [7, 11) is 0. The Hall–Kier alpha value is -1.37. The number of carbonyl (C=O) groups excluding carboxylic acids is 1. The molecule has 0 aliphatic heterocycles. The first-order valence-corrected chi connectivity index (χ1v) is 8.81. The van der Waals surface area contributed by atoms with E-state index >= 15 is 0 Å². The summed E-state index contributed by atoms with van der Waals surface area (Å²) in [5.41, 5.74) is -1.14. The van der Waals surface area contributed by atoms with Gasteiger partial charge >= 0.3 is 12.3 Å². The van der Waals surface area contributed by atoms with Gasteiger partial charge in [-0.1, -0.05) is 6.07 Å². The SMILES string of the molecule is CC(C)(C)OC(=O)NC1CC(CSc2cccc(C(F)(F)F)c2)C1. The van der Waals surface area contributed by atoms with Crippen LogP contribution in [0.3, 0.4) is 0 Å². The van der Waals surface area contributed by atoms with Gasteiger partial charge in [-0.15, -0.1) is 11.8 Å². The van der Waals surface area contributed by atoms with E-state index in [1.54, 1.807) is 6.07 Å². The summed E-state index contributed by atoms with van der Waals surface area (Å²) in [5, 5.41) is 2.81. The maximum Gasteiger partial charge on any atom is 0.416 e. The molecule has 3 nitrogen and oxygen atoms in total. The van der Waals surface area contributed by atoms with Crippen LogP contribution in [-0.4, -0.2) is 23.5 Å². The van der Waals surface area contributed by atoms with Gasteiger partial charge in [0, 0.05) is 16.7 Å². The first kappa shape index (κ1) is 19.0. The van der Waals surface area contributed by atoms with Gasteiger partial charge in [-0.3, -0.25) is 0 Å². The average molecular weight is 361 g/mol. The van der Waals surface area contributed by atoms with E-state index in [9.17, 15) is 18.0 Å². The molecule has 0 saturated heterocycles. The summed E-state index contributed by atoms with van der Waals surface area (Å²) in [6.45, 7) is 5.42. The average Bonchev–Trinajstić information content (AvgIpc) is 2.38. The lowest BCUT2D eigenvalue weighted by molar-refractivity contribution is -0.137. The second kappa shape index (κ2) is 7.25. The molecule has 0 bridgehead atoms. The molecule has 1 amide bonds. The molecule has 0 aromatic heterocycles. The fourth-order valence-electron chi connectivity index (χ4n) is 2.44. The molecule has 1 N–H and O–H groups in total. The Morgan fingerprint density at radius 1 is 1.29 bits per heavy atom. The number of ether oxygens (including phenoxy) is 1. The fraction of sp³-hybridized carbons (Fsp3) is 0.588. The number of alkyl carbamates (subject to hydrolysis) is 1. The molecule has 1 fully saturated rings. The summed E-state index contributed by atoms with van der Waals surface area (Å²) < 4.78 is 43.2. The lowest BCUT2D eigenvalue weighted by Gasteiger charge is -2.36. The molecular weight excluding hydrogens is 339 g/mol. The van der Waals surface area contributed by atoms with Crippen molar-refractivity contribution in [3.8, 4) is 0 Å². The van der Waals surface area contributed by atoms with Crippen molar-refractivity contribution >= 4 is 17.9 Å². The van der Waals surface area contributed by atoms with Gasteiger partial charge in [-0.05, 0) is 57.7 Å². The lowest BCUT2D eigenvalue weighted by atomic mass is 9.82. The summed E-state index contributed by atoms with van der Waals surface area (Å²) in [5.74, 6) is 1.14. The Kier molecular flexibility index (Phi) is 5.73. The van der Waals surface area contributed by atoms with Crippen LogP contribution in [0.2, 0.25) is 0 Å². The molecule has 2 rings (SSSR count). The molecule has 0 atom stereocenters. The third-order valence-corrected chi connectivity index (χ3v) is 4.83. The largest absolute Gasteiger partial charge is 0.444 e. The van der Waals surface area contributed by atoms with E-state index in [0.717, 1.165) is 24.7 Å². The highest BCUT2D eigenvalue weighted by Crippen LogP contribution is 2.35. The number of nitrogens with one attached hydrogen (secondary N) is 1. The van der Waals surface area contributed by atoms with Crippen LogP contribution in [0.25, 0.3) is 0 Å². The van der Waals surface area contributed by atoms with Gasteiger partial charge in [0.05, 0.1) is 5.56 Å². The molecule has 134 valence electrons. The molecule has 7 heteroatoms. The smallest absolute Gasteiger partial charge is 0.416 e. The van der Waals surface area contributed by atoms with Crippen molar-refractivity contribution in [2.75, 3.05) is 5.75 Å². The molecular formula is C17H22F3NO2S. The van der Waals surface area contributed by atoms with Crippen LogP contribution in [0.15, 0.2) is 29.2 Å². The van der Waals surface area contributed by atoms with Crippen molar-refractivity contribution in [1.82, 2.24) is 5.32 Å². The van der Waals surface area contributed by atoms with Gasteiger partial charge in [0.15, 0.2) is 0 Å². The van der Waals surface area contributed by atoms with Crippen molar-refractivity contribution in [3.05, 3.63) is 29.8 Å². The number of halogens is 3. The minimum absolute atomic E-state index is 0.0898. The predicted octanol–water partition coefficient (Wildman–Crippen LogP) is 5.10. The van der Waals surface area contributed by atoms with Gasteiger partial charge in [-0.25, -0.2) is 4.79 Å². The van der Waals surface area contributed by atoms with Gasteiger partial charge in [0.25, 0.3) is 0 Å². The Balaban J connectivity index is 1.72. The number of rotatable bonds is 4. The van der Waals surface area contributed by atoms with E-state index in [1.165, 1.54) is 23.9 Å². The summed E-state index contributed by atoms with van der Waals surface area (Å²) in [6.07, 6.45) is -3.08. The maximum atomic E-state index is 12.7. The van der Waals surface area contributed by atoms with Gasteiger partial charge in [-0.2, -0.15) is 13.2 Å². The lowest BCUT2D eigenvalue weighted by Crippen LogP contribution is -2.46. The molecule has 0 heterocycles. The van der Waals surface area contributed by atoms with E-state index in [2.05, 4.69) is 5.32 Å². The molecule has 1 aromatic carbocycles. The van der Waals surface area contributed by atoms with Crippen LogP contribution in [0, 0.1) is 5.92 Å². The second-order valence-electron chi connectivity index (χ2n) is 7.02. The number of carbonyl (C=O) groups is 1. The number of hydrogen-bond donors (Lipinski definition) is 1. The highest BCUT2D eigenvalue weighted by molar-refractivity contribution is 7.99. The first-order valence-electron chi connectivity index (χ1n) is 7.82. The highest BCUT2D eigenvalue weighted by atomic mass is 32.2. The van der Waals surface area contributed by atoms with E-state index in [4.69, 9.17) is 4.74 Å². The van der Waals surface area contributed by atoms with Crippen molar-refractivity contribution in [1.29, 1.82) is 0 Å². The van der Waals surface area contributed by atoms with E-state index < -0.39 is 23.4 Å². The zero-order chi connectivity index (χ0) is 18.0. The van der Waals surface area contributed by atoms with Gasteiger partial charge < -0.3 is 10.1 Å².